The first-order valence-corrected chi connectivity index (χ1v) is 10.8. The van der Waals surface area contributed by atoms with Gasteiger partial charge in [-0.1, -0.05) is 23.8 Å². The number of nitro benzene ring substituents is 1. The van der Waals surface area contributed by atoms with Crippen molar-refractivity contribution in [1.29, 1.82) is 5.26 Å². The Morgan fingerprint density at radius 3 is 2.35 bits per heavy atom. The lowest BCUT2D eigenvalue weighted by Crippen LogP contribution is -2.13. The Morgan fingerprint density at radius 2 is 1.76 bits per heavy atom. The molecule has 0 fully saturated rings. The van der Waals surface area contributed by atoms with Crippen LogP contribution in [-0.2, 0) is 11.0 Å². The van der Waals surface area contributed by atoms with Crippen molar-refractivity contribution >= 4 is 23.4 Å². The predicted molar refractivity (Wildman–Crippen MR) is 129 cm³/mol. The van der Waals surface area contributed by atoms with Gasteiger partial charge in [0.05, 0.1) is 17.1 Å². The molecule has 3 rings (SSSR count). The summed E-state index contributed by atoms with van der Waals surface area (Å²) in [5, 5.41) is 23.5. The van der Waals surface area contributed by atoms with Crippen LogP contribution in [0.2, 0.25) is 0 Å². The van der Waals surface area contributed by atoms with Crippen LogP contribution < -0.4 is 14.8 Å². The Morgan fingerprint density at radius 1 is 1.08 bits per heavy atom. The maximum absolute atomic E-state index is 13.0. The summed E-state index contributed by atoms with van der Waals surface area (Å²) in [6.45, 7) is 3.73. The SMILES string of the molecule is CCOc1cc(/C=C(\C#N)C(=O)Nc2ccc(C)cc2)ccc1Oc1ccc(C(F)(F)F)cc1[N+](=O)[O-]. The van der Waals surface area contributed by atoms with Crippen LogP contribution >= 0.6 is 0 Å². The lowest BCUT2D eigenvalue weighted by molar-refractivity contribution is -0.385. The molecule has 0 aromatic heterocycles. The maximum atomic E-state index is 13.0. The minimum atomic E-state index is -4.77. The molecule has 3 aromatic carbocycles. The van der Waals surface area contributed by atoms with Crippen molar-refractivity contribution in [2.45, 2.75) is 20.0 Å². The average molecular weight is 511 g/mol. The van der Waals surface area contributed by atoms with E-state index in [-0.39, 0.29) is 23.7 Å². The summed E-state index contributed by atoms with van der Waals surface area (Å²) in [6, 6.07) is 15.0. The van der Waals surface area contributed by atoms with E-state index in [0.717, 1.165) is 11.6 Å². The summed E-state index contributed by atoms with van der Waals surface area (Å²) in [6.07, 6.45) is -3.45. The normalized spacial score (nSPS) is 11.4. The molecular formula is C26H20F3N3O5. The number of ether oxygens (including phenoxy) is 2. The quantitative estimate of drug-likeness (QED) is 0.157. The van der Waals surface area contributed by atoms with Crippen LogP contribution in [0, 0.1) is 28.4 Å². The summed E-state index contributed by atoms with van der Waals surface area (Å²) in [5.74, 6) is -0.964. The van der Waals surface area contributed by atoms with Crippen LogP contribution in [0.1, 0.15) is 23.6 Å². The zero-order chi connectivity index (χ0) is 27.2. The first-order chi connectivity index (χ1) is 17.5. The smallest absolute Gasteiger partial charge is 0.416 e. The highest BCUT2D eigenvalue weighted by atomic mass is 19.4. The fraction of sp³-hybridized carbons (Fsp3) is 0.154. The Bertz CT molecular complexity index is 1390. The van der Waals surface area contributed by atoms with Crippen molar-refractivity contribution in [3.05, 3.63) is 93.0 Å². The molecule has 3 aromatic rings. The standard InChI is InChI=1S/C26H20F3N3O5/c1-3-36-24-13-17(12-18(15-30)25(33)31-20-8-4-16(2)5-9-20)6-10-23(24)37-22-11-7-19(26(27,28)29)14-21(22)32(34)35/h4-14H,3H2,1-2H3,(H,31,33)/b18-12+. The molecule has 0 spiro atoms. The van der Waals surface area contributed by atoms with Crippen molar-refractivity contribution < 1.29 is 32.4 Å². The number of rotatable bonds is 8. The molecule has 0 atom stereocenters. The van der Waals surface area contributed by atoms with Crippen LogP contribution in [-0.4, -0.2) is 17.4 Å². The van der Waals surface area contributed by atoms with Gasteiger partial charge in [0.15, 0.2) is 11.5 Å². The molecule has 0 radical (unpaired) electrons. The highest BCUT2D eigenvalue weighted by Gasteiger charge is 2.33. The minimum absolute atomic E-state index is 0.00975. The van der Waals surface area contributed by atoms with Gasteiger partial charge in [0, 0.05) is 11.8 Å². The van der Waals surface area contributed by atoms with Crippen molar-refractivity contribution in [2.75, 3.05) is 11.9 Å². The first-order valence-electron chi connectivity index (χ1n) is 10.8. The van der Waals surface area contributed by atoms with Gasteiger partial charge in [-0.3, -0.25) is 14.9 Å². The number of benzene rings is 3. The molecule has 0 unspecified atom stereocenters. The number of amides is 1. The second kappa shape index (κ2) is 11.3. The second-order valence-corrected chi connectivity index (χ2v) is 7.67. The molecule has 0 saturated heterocycles. The summed E-state index contributed by atoms with van der Waals surface area (Å²) in [5.41, 5.74) is -0.371. The molecule has 1 N–H and O–H groups in total. The van der Waals surface area contributed by atoms with E-state index in [1.165, 1.54) is 24.3 Å². The van der Waals surface area contributed by atoms with Crippen LogP contribution in [0.5, 0.6) is 17.2 Å². The molecule has 190 valence electrons. The molecule has 0 aliphatic rings. The van der Waals surface area contributed by atoms with Gasteiger partial charge >= 0.3 is 11.9 Å². The van der Waals surface area contributed by atoms with E-state index in [1.54, 1.807) is 31.2 Å². The van der Waals surface area contributed by atoms with Crippen molar-refractivity contribution in [3.8, 4) is 23.3 Å². The lowest BCUT2D eigenvalue weighted by atomic mass is 10.1. The van der Waals surface area contributed by atoms with E-state index < -0.39 is 34.0 Å². The van der Waals surface area contributed by atoms with Crippen LogP contribution in [0.15, 0.2) is 66.2 Å². The first kappa shape index (κ1) is 26.7. The number of hydrogen-bond acceptors (Lipinski definition) is 6. The van der Waals surface area contributed by atoms with Gasteiger partial charge in [-0.15, -0.1) is 0 Å². The number of alkyl halides is 3. The van der Waals surface area contributed by atoms with Gasteiger partial charge < -0.3 is 14.8 Å². The van der Waals surface area contributed by atoms with Crippen LogP contribution in [0.25, 0.3) is 6.08 Å². The maximum Gasteiger partial charge on any atom is 0.416 e. The van der Waals surface area contributed by atoms with Gasteiger partial charge in [0.1, 0.15) is 11.6 Å². The number of nitro groups is 1. The molecule has 0 aliphatic carbocycles. The Balaban J connectivity index is 1.91. The number of anilines is 1. The van der Waals surface area contributed by atoms with Crippen LogP contribution in [0.4, 0.5) is 24.5 Å². The van der Waals surface area contributed by atoms with Gasteiger partial charge in [0.2, 0.25) is 5.75 Å². The molecule has 0 heterocycles. The summed E-state index contributed by atoms with van der Waals surface area (Å²) in [7, 11) is 0. The highest BCUT2D eigenvalue weighted by Crippen LogP contribution is 2.40. The summed E-state index contributed by atoms with van der Waals surface area (Å²) in [4.78, 5) is 22.9. The van der Waals surface area contributed by atoms with Gasteiger partial charge in [-0.25, -0.2) is 0 Å². The number of nitrogens with one attached hydrogen (secondary N) is 1. The molecule has 0 aliphatic heterocycles. The van der Waals surface area contributed by atoms with E-state index in [9.17, 15) is 33.3 Å². The lowest BCUT2D eigenvalue weighted by Gasteiger charge is -2.14. The fourth-order valence-electron chi connectivity index (χ4n) is 3.16. The number of aryl methyl sites for hydroxylation is 1. The number of carbonyl (C=O) groups excluding carboxylic acids is 1. The van der Waals surface area contributed by atoms with Gasteiger partial charge in [0.25, 0.3) is 5.91 Å². The molecule has 8 nitrogen and oxygen atoms in total. The van der Waals surface area contributed by atoms with Crippen molar-refractivity contribution in [2.24, 2.45) is 0 Å². The average Bonchev–Trinajstić information content (AvgIpc) is 2.84. The third kappa shape index (κ3) is 6.85. The third-order valence-electron chi connectivity index (χ3n) is 4.96. The molecule has 0 bridgehead atoms. The Kier molecular flexibility index (Phi) is 8.14. The minimum Gasteiger partial charge on any atom is -0.490 e. The predicted octanol–water partition coefficient (Wildman–Crippen LogP) is 6.66. The second-order valence-electron chi connectivity index (χ2n) is 7.67. The zero-order valence-electron chi connectivity index (χ0n) is 19.6. The van der Waals surface area contributed by atoms with Crippen LogP contribution in [0.3, 0.4) is 0 Å². The van der Waals surface area contributed by atoms with E-state index in [1.807, 2.05) is 13.0 Å². The zero-order valence-corrected chi connectivity index (χ0v) is 19.6. The van der Waals surface area contributed by atoms with E-state index in [0.29, 0.717) is 23.4 Å². The topological polar surface area (TPSA) is 114 Å². The van der Waals surface area contributed by atoms with Crippen molar-refractivity contribution in [3.63, 3.8) is 0 Å². The largest absolute Gasteiger partial charge is 0.490 e. The summed E-state index contributed by atoms with van der Waals surface area (Å²) < 4.78 is 50.0. The van der Waals surface area contributed by atoms with E-state index in [4.69, 9.17) is 9.47 Å². The molecule has 1 amide bonds. The Hall–Kier alpha value is -4.85. The summed E-state index contributed by atoms with van der Waals surface area (Å²) >= 11 is 0. The van der Waals surface area contributed by atoms with E-state index in [2.05, 4.69) is 5.32 Å². The van der Waals surface area contributed by atoms with Gasteiger partial charge in [-0.2, -0.15) is 18.4 Å². The number of carbonyl (C=O) groups is 1. The number of nitrogens with zero attached hydrogens (tertiary/aromatic N) is 2. The monoisotopic (exact) mass is 511 g/mol. The van der Waals surface area contributed by atoms with Crippen molar-refractivity contribution in [1.82, 2.24) is 0 Å². The van der Waals surface area contributed by atoms with Gasteiger partial charge in [-0.05, 0) is 61.9 Å². The highest BCUT2D eigenvalue weighted by molar-refractivity contribution is 6.09. The third-order valence-corrected chi connectivity index (χ3v) is 4.96. The number of nitriles is 1. The fourth-order valence-corrected chi connectivity index (χ4v) is 3.16. The molecule has 0 saturated carbocycles. The Labute approximate surface area is 209 Å². The number of halogens is 3. The molecule has 11 heteroatoms. The van der Waals surface area contributed by atoms with E-state index >= 15 is 0 Å². The molecule has 37 heavy (non-hydrogen) atoms. The molecular weight excluding hydrogens is 491 g/mol. The number of hydrogen-bond donors (Lipinski definition) is 1.